The van der Waals surface area contributed by atoms with Gasteiger partial charge in [-0.1, -0.05) is 26.7 Å². The van der Waals surface area contributed by atoms with E-state index >= 15 is 0 Å². The number of rotatable bonds is 1. The van der Waals surface area contributed by atoms with E-state index in [1.54, 1.807) is 12.8 Å². The third kappa shape index (κ3) is 1.11. The molecule has 2 saturated carbocycles. The lowest BCUT2D eigenvalue weighted by molar-refractivity contribution is 0.319. The van der Waals surface area contributed by atoms with Gasteiger partial charge in [0.2, 0.25) is 0 Å². The lowest BCUT2D eigenvalue weighted by Gasteiger charge is -2.17. The van der Waals surface area contributed by atoms with Crippen LogP contribution in [0.25, 0.3) is 0 Å². The molecule has 0 aromatic heterocycles. The first kappa shape index (κ1) is 7.64. The van der Waals surface area contributed by atoms with Crippen LogP contribution in [0.5, 0.6) is 0 Å². The van der Waals surface area contributed by atoms with E-state index in [1.807, 2.05) is 0 Å². The molecule has 0 spiro atoms. The lowest BCUT2D eigenvalue weighted by atomic mass is 9.88. The molecule has 0 aliphatic heterocycles. The minimum atomic E-state index is 1.05. The molecule has 2 unspecified atom stereocenters. The molecule has 0 N–H and O–H groups in total. The van der Waals surface area contributed by atoms with E-state index < -0.39 is 0 Å². The molecule has 0 saturated heterocycles. The molecule has 0 nitrogen and oxygen atoms in total. The van der Waals surface area contributed by atoms with Gasteiger partial charge in [-0.15, -0.1) is 0 Å². The Morgan fingerprint density at radius 3 is 2.45 bits per heavy atom. The van der Waals surface area contributed by atoms with E-state index in [9.17, 15) is 0 Å². The third-order valence-electron chi connectivity index (χ3n) is 4.24. The highest BCUT2D eigenvalue weighted by Gasteiger charge is 2.41. The second-order valence-electron chi connectivity index (χ2n) is 4.63. The fourth-order valence-electron chi connectivity index (χ4n) is 3.52. The van der Waals surface area contributed by atoms with E-state index in [1.165, 1.54) is 19.3 Å². The van der Waals surface area contributed by atoms with Gasteiger partial charge in [0.25, 0.3) is 0 Å². The Morgan fingerprint density at radius 2 is 1.73 bits per heavy atom. The first-order chi connectivity index (χ1) is 5.33. The molecule has 0 radical (unpaired) electrons. The zero-order valence-corrected chi connectivity index (χ0v) is 7.84. The molecular weight excluding hydrogens is 132 g/mol. The highest BCUT2D eigenvalue weighted by Crippen LogP contribution is 2.51. The molecule has 0 bridgehead atoms. The first-order valence-corrected chi connectivity index (χ1v) is 5.33. The van der Waals surface area contributed by atoms with Gasteiger partial charge in [-0.2, -0.15) is 0 Å². The summed E-state index contributed by atoms with van der Waals surface area (Å²) in [4.78, 5) is 0. The van der Waals surface area contributed by atoms with Crippen LogP contribution in [0.15, 0.2) is 0 Å². The summed E-state index contributed by atoms with van der Waals surface area (Å²) in [5.41, 5.74) is 0. The first-order valence-electron chi connectivity index (χ1n) is 5.33. The molecule has 0 aromatic rings. The monoisotopic (exact) mass is 152 g/mol. The fraction of sp³-hybridized carbons (Fsp3) is 1.00. The molecule has 0 heterocycles. The highest BCUT2D eigenvalue weighted by atomic mass is 14.5. The van der Waals surface area contributed by atoms with Crippen LogP contribution in [0, 0.1) is 23.7 Å². The van der Waals surface area contributed by atoms with Crippen molar-refractivity contribution < 1.29 is 0 Å². The molecule has 4 atom stereocenters. The standard InChI is InChI=1S/C11H20/c1-3-9-5-7-10-8(2)4-6-11(9)10/h8-11H,3-7H2,1-2H3/t8-,9+,10?,11?/m0/s1. The molecule has 2 fully saturated rings. The van der Waals surface area contributed by atoms with Crippen molar-refractivity contribution >= 4 is 0 Å². The maximum absolute atomic E-state index is 2.46. The smallest absolute Gasteiger partial charge is 0.0355 e. The van der Waals surface area contributed by atoms with Crippen molar-refractivity contribution in [3.63, 3.8) is 0 Å². The van der Waals surface area contributed by atoms with Crippen LogP contribution in [0.2, 0.25) is 0 Å². The van der Waals surface area contributed by atoms with E-state index in [4.69, 9.17) is 0 Å². The molecule has 0 heteroatoms. The molecule has 0 amide bonds. The highest BCUT2D eigenvalue weighted by molar-refractivity contribution is 4.91. The van der Waals surface area contributed by atoms with Crippen LogP contribution >= 0.6 is 0 Å². The number of hydrogen-bond donors (Lipinski definition) is 0. The SMILES string of the molecule is CC[C@@H]1CCC2C1CC[C@@H]2C. The lowest BCUT2D eigenvalue weighted by Crippen LogP contribution is -2.10. The number of hydrogen-bond acceptors (Lipinski definition) is 0. The minimum absolute atomic E-state index is 1.05. The quantitative estimate of drug-likeness (QED) is 0.539. The van der Waals surface area contributed by atoms with E-state index in [2.05, 4.69) is 13.8 Å². The second-order valence-corrected chi connectivity index (χ2v) is 4.63. The Hall–Kier alpha value is 0. The van der Waals surface area contributed by atoms with Gasteiger partial charge in [0.05, 0.1) is 0 Å². The Labute approximate surface area is 70.4 Å². The van der Waals surface area contributed by atoms with Gasteiger partial charge in [-0.3, -0.25) is 0 Å². The normalized spacial score (nSPS) is 49.6. The van der Waals surface area contributed by atoms with Crippen molar-refractivity contribution in [3.05, 3.63) is 0 Å². The van der Waals surface area contributed by atoms with Gasteiger partial charge in [-0.05, 0) is 42.9 Å². The van der Waals surface area contributed by atoms with Crippen molar-refractivity contribution in [2.24, 2.45) is 23.7 Å². The predicted molar refractivity (Wildman–Crippen MR) is 48.4 cm³/mol. The van der Waals surface area contributed by atoms with Crippen molar-refractivity contribution in [1.82, 2.24) is 0 Å². The molecule has 2 aliphatic carbocycles. The van der Waals surface area contributed by atoms with Gasteiger partial charge >= 0.3 is 0 Å². The van der Waals surface area contributed by atoms with Gasteiger partial charge < -0.3 is 0 Å². The summed E-state index contributed by atoms with van der Waals surface area (Å²) in [6.07, 6.45) is 7.59. The molecule has 2 rings (SSSR count). The van der Waals surface area contributed by atoms with Crippen LogP contribution in [0.4, 0.5) is 0 Å². The largest absolute Gasteiger partial charge is 0.0651 e. The van der Waals surface area contributed by atoms with Crippen LogP contribution in [0.3, 0.4) is 0 Å². The summed E-state index contributed by atoms with van der Waals surface area (Å²) in [5, 5.41) is 0. The van der Waals surface area contributed by atoms with Crippen molar-refractivity contribution in [2.45, 2.75) is 46.0 Å². The van der Waals surface area contributed by atoms with E-state index in [0.29, 0.717) is 0 Å². The maximum Gasteiger partial charge on any atom is -0.0355 e. The summed E-state index contributed by atoms with van der Waals surface area (Å²) >= 11 is 0. The summed E-state index contributed by atoms with van der Waals surface area (Å²) < 4.78 is 0. The second kappa shape index (κ2) is 2.80. The summed E-state index contributed by atoms with van der Waals surface area (Å²) in [5.74, 6) is 4.41. The van der Waals surface area contributed by atoms with Gasteiger partial charge in [0.1, 0.15) is 0 Å². The van der Waals surface area contributed by atoms with Crippen molar-refractivity contribution in [1.29, 1.82) is 0 Å². The summed E-state index contributed by atoms with van der Waals surface area (Å²) in [6.45, 7) is 4.83. The van der Waals surface area contributed by atoms with Crippen LogP contribution < -0.4 is 0 Å². The van der Waals surface area contributed by atoms with Crippen LogP contribution in [-0.2, 0) is 0 Å². The third-order valence-corrected chi connectivity index (χ3v) is 4.24. The summed E-state index contributed by atoms with van der Waals surface area (Å²) in [6, 6.07) is 0. The topological polar surface area (TPSA) is 0 Å². The Bertz CT molecular complexity index is 139. The zero-order valence-electron chi connectivity index (χ0n) is 7.84. The fourth-order valence-corrected chi connectivity index (χ4v) is 3.52. The Kier molecular flexibility index (Phi) is 1.95. The molecule has 2 aliphatic rings. The summed E-state index contributed by atoms with van der Waals surface area (Å²) in [7, 11) is 0. The average molecular weight is 152 g/mol. The average Bonchev–Trinajstić information content (AvgIpc) is 2.53. The van der Waals surface area contributed by atoms with Crippen molar-refractivity contribution in [2.75, 3.05) is 0 Å². The van der Waals surface area contributed by atoms with Crippen LogP contribution in [-0.4, -0.2) is 0 Å². The van der Waals surface area contributed by atoms with Gasteiger partial charge in [0.15, 0.2) is 0 Å². The zero-order chi connectivity index (χ0) is 7.84. The molecule has 0 aromatic carbocycles. The Balaban J connectivity index is 2.04. The number of fused-ring (bicyclic) bond motifs is 1. The molecule has 64 valence electrons. The van der Waals surface area contributed by atoms with Crippen molar-refractivity contribution in [3.8, 4) is 0 Å². The van der Waals surface area contributed by atoms with Gasteiger partial charge in [0, 0.05) is 0 Å². The van der Waals surface area contributed by atoms with E-state index in [-0.39, 0.29) is 0 Å². The molecular formula is C11H20. The van der Waals surface area contributed by atoms with Gasteiger partial charge in [-0.25, -0.2) is 0 Å². The van der Waals surface area contributed by atoms with E-state index in [0.717, 1.165) is 23.7 Å². The maximum atomic E-state index is 2.46. The predicted octanol–water partition coefficient (Wildman–Crippen LogP) is 3.47. The van der Waals surface area contributed by atoms with Crippen LogP contribution in [0.1, 0.15) is 46.0 Å². The molecule has 11 heavy (non-hydrogen) atoms. The minimum Gasteiger partial charge on any atom is -0.0651 e. The Morgan fingerprint density at radius 1 is 1.00 bits per heavy atom.